The van der Waals surface area contributed by atoms with Crippen LogP contribution in [-0.2, 0) is 6.61 Å². The van der Waals surface area contributed by atoms with Crippen molar-refractivity contribution in [1.29, 1.82) is 0 Å². The first kappa shape index (κ1) is 7.50. The van der Waals surface area contributed by atoms with Crippen molar-refractivity contribution in [3.63, 3.8) is 0 Å². The predicted molar refractivity (Wildman–Crippen MR) is 42.3 cm³/mol. The van der Waals surface area contributed by atoms with Gasteiger partial charge in [0.2, 0.25) is 0 Å². The van der Waals surface area contributed by atoms with Gasteiger partial charge in [-0.3, -0.25) is 4.98 Å². The Hall–Kier alpha value is -0.610. The van der Waals surface area contributed by atoms with E-state index in [1.54, 1.807) is 6.20 Å². The fourth-order valence-corrected chi connectivity index (χ4v) is 0.947. The largest absolute Gasteiger partial charge is 0.397 e. The number of aliphatic hydroxyl groups excluding tert-OH is 1. The Morgan fingerprint density at radius 1 is 1.60 bits per heavy atom. The van der Waals surface area contributed by atoms with E-state index in [0.717, 1.165) is 4.47 Å². The summed E-state index contributed by atoms with van der Waals surface area (Å²) in [6.07, 6.45) is 3.10. The number of nitrogens with two attached hydrogens (primary N) is 1. The summed E-state index contributed by atoms with van der Waals surface area (Å²) in [6.45, 7) is -0.0430. The first-order chi connectivity index (χ1) is 4.75. The second-order valence-electron chi connectivity index (χ2n) is 1.86. The molecule has 0 saturated heterocycles. The first-order valence-electron chi connectivity index (χ1n) is 2.74. The number of nitrogens with zero attached hydrogens (tertiary/aromatic N) is 1. The summed E-state index contributed by atoms with van der Waals surface area (Å²) in [4.78, 5) is 3.80. The Kier molecular flexibility index (Phi) is 2.24. The van der Waals surface area contributed by atoms with Crippen molar-refractivity contribution in [3.8, 4) is 0 Å². The van der Waals surface area contributed by atoms with E-state index in [0.29, 0.717) is 11.3 Å². The van der Waals surface area contributed by atoms with E-state index < -0.39 is 0 Å². The Balaban J connectivity index is 3.14. The average molecular weight is 203 g/mol. The topological polar surface area (TPSA) is 59.1 Å². The highest BCUT2D eigenvalue weighted by atomic mass is 79.9. The molecule has 0 radical (unpaired) electrons. The maximum atomic E-state index is 8.72. The van der Waals surface area contributed by atoms with Gasteiger partial charge in [0, 0.05) is 16.2 Å². The minimum absolute atomic E-state index is 0.0430. The van der Waals surface area contributed by atoms with Crippen molar-refractivity contribution >= 4 is 21.6 Å². The van der Waals surface area contributed by atoms with Crippen LogP contribution in [0.1, 0.15) is 5.56 Å². The molecule has 1 aromatic rings. The van der Waals surface area contributed by atoms with Crippen molar-refractivity contribution in [2.45, 2.75) is 6.61 Å². The van der Waals surface area contributed by atoms with Gasteiger partial charge in [0.25, 0.3) is 0 Å². The molecule has 3 N–H and O–H groups in total. The summed E-state index contributed by atoms with van der Waals surface area (Å²) in [7, 11) is 0. The van der Waals surface area contributed by atoms with Gasteiger partial charge in [0.05, 0.1) is 18.5 Å². The molecule has 0 spiro atoms. The zero-order valence-corrected chi connectivity index (χ0v) is 6.80. The number of rotatable bonds is 1. The number of aromatic nitrogens is 1. The highest BCUT2D eigenvalue weighted by Crippen LogP contribution is 2.21. The molecule has 10 heavy (non-hydrogen) atoms. The highest BCUT2D eigenvalue weighted by molar-refractivity contribution is 9.10. The third-order valence-corrected chi connectivity index (χ3v) is 2.12. The summed E-state index contributed by atoms with van der Waals surface area (Å²) >= 11 is 3.22. The van der Waals surface area contributed by atoms with E-state index in [1.165, 1.54) is 6.20 Å². The smallest absolute Gasteiger partial charge is 0.0708 e. The molecular weight excluding hydrogens is 196 g/mol. The van der Waals surface area contributed by atoms with Gasteiger partial charge in [-0.15, -0.1) is 0 Å². The third-order valence-electron chi connectivity index (χ3n) is 1.15. The normalized spacial score (nSPS) is 9.80. The Morgan fingerprint density at radius 2 is 2.30 bits per heavy atom. The summed E-state index contributed by atoms with van der Waals surface area (Å²) < 4.78 is 0.727. The molecule has 0 aliphatic heterocycles. The lowest BCUT2D eigenvalue weighted by Gasteiger charge is -2.00. The zero-order chi connectivity index (χ0) is 7.56. The van der Waals surface area contributed by atoms with Gasteiger partial charge in [-0.2, -0.15) is 0 Å². The van der Waals surface area contributed by atoms with Crippen LogP contribution in [0.15, 0.2) is 16.9 Å². The predicted octanol–water partition coefficient (Wildman–Crippen LogP) is 0.919. The van der Waals surface area contributed by atoms with Crippen molar-refractivity contribution in [1.82, 2.24) is 4.98 Å². The molecule has 1 aromatic heterocycles. The molecule has 3 nitrogen and oxygen atoms in total. The Bertz CT molecular complexity index is 239. The molecule has 0 aliphatic carbocycles. The second-order valence-corrected chi connectivity index (χ2v) is 2.65. The standard InChI is InChI=1S/C6H7BrN2O/c7-6-4(3-10)1-9-2-5(6)8/h1-2,10H,3,8H2. The van der Waals surface area contributed by atoms with Crippen LogP contribution in [0.2, 0.25) is 0 Å². The number of nitrogen functional groups attached to an aromatic ring is 1. The molecule has 1 heterocycles. The lowest BCUT2D eigenvalue weighted by atomic mass is 10.3. The van der Waals surface area contributed by atoms with Gasteiger partial charge >= 0.3 is 0 Å². The fourth-order valence-electron chi connectivity index (χ4n) is 0.617. The van der Waals surface area contributed by atoms with Crippen LogP contribution in [0.3, 0.4) is 0 Å². The van der Waals surface area contributed by atoms with Crippen molar-refractivity contribution in [2.24, 2.45) is 0 Å². The molecule has 0 aromatic carbocycles. The molecule has 0 unspecified atom stereocenters. The lowest BCUT2D eigenvalue weighted by molar-refractivity contribution is 0.280. The van der Waals surface area contributed by atoms with Crippen molar-refractivity contribution < 1.29 is 5.11 Å². The number of pyridine rings is 1. The summed E-state index contributed by atoms with van der Waals surface area (Å²) in [6, 6.07) is 0. The van der Waals surface area contributed by atoms with Crippen LogP contribution in [0, 0.1) is 0 Å². The van der Waals surface area contributed by atoms with Gasteiger partial charge in [0.15, 0.2) is 0 Å². The molecule has 0 bridgehead atoms. The van der Waals surface area contributed by atoms with E-state index in [-0.39, 0.29) is 6.61 Å². The van der Waals surface area contributed by atoms with Crippen LogP contribution >= 0.6 is 15.9 Å². The number of hydrogen-bond donors (Lipinski definition) is 2. The van der Waals surface area contributed by atoms with Crippen molar-refractivity contribution in [3.05, 3.63) is 22.4 Å². The van der Waals surface area contributed by atoms with E-state index in [1.807, 2.05) is 0 Å². The molecule has 54 valence electrons. The van der Waals surface area contributed by atoms with E-state index in [9.17, 15) is 0 Å². The zero-order valence-electron chi connectivity index (χ0n) is 5.21. The van der Waals surface area contributed by atoms with Crippen LogP contribution < -0.4 is 5.73 Å². The quantitative estimate of drug-likeness (QED) is 0.713. The maximum Gasteiger partial charge on any atom is 0.0708 e. The van der Waals surface area contributed by atoms with Crippen LogP contribution in [0.5, 0.6) is 0 Å². The van der Waals surface area contributed by atoms with Crippen molar-refractivity contribution in [2.75, 3.05) is 5.73 Å². The van der Waals surface area contributed by atoms with E-state index in [4.69, 9.17) is 10.8 Å². The van der Waals surface area contributed by atoms with E-state index in [2.05, 4.69) is 20.9 Å². The first-order valence-corrected chi connectivity index (χ1v) is 3.53. The molecule has 0 saturated carbocycles. The summed E-state index contributed by atoms with van der Waals surface area (Å²) in [5.41, 5.74) is 6.73. The Labute approximate surface area is 67.0 Å². The molecule has 1 rings (SSSR count). The minimum atomic E-state index is -0.0430. The summed E-state index contributed by atoms with van der Waals surface area (Å²) in [5.74, 6) is 0. The van der Waals surface area contributed by atoms with Crippen LogP contribution in [-0.4, -0.2) is 10.1 Å². The van der Waals surface area contributed by atoms with Gasteiger partial charge in [0.1, 0.15) is 0 Å². The van der Waals surface area contributed by atoms with Crippen LogP contribution in [0.4, 0.5) is 5.69 Å². The molecule has 4 heteroatoms. The highest BCUT2D eigenvalue weighted by Gasteiger charge is 2.00. The van der Waals surface area contributed by atoms with Gasteiger partial charge in [-0.05, 0) is 15.9 Å². The maximum absolute atomic E-state index is 8.72. The number of hydrogen-bond acceptors (Lipinski definition) is 3. The van der Waals surface area contributed by atoms with E-state index >= 15 is 0 Å². The molecule has 0 aliphatic rings. The monoisotopic (exact) mass is 202 g/mol. The lowest BCUT2D eigenvalue weighted by Crippen LogP contribution is -1.93. The number of halogens is 1. The van der Waals surface area contributed by atoms with Crippen LogP contribution in [0.25, 0.3) is 0 Å². The van der Waals surface area contributed by atoms with Gasteiger partial charge < -0.3 is 10.8 Å². The minimum Gasteiger partial charge on any atom is -0.397 e. The van der Waals surface area contributed by atoms with Gasteiger partial charge in [-0.25, -0.2) is 0 Å². The molecule has 0 amide bonds. The third kappa shape index (κ3) is 1.27. The molecule has 0 atom stereocenters. The van der Waals surface area contributed by atoms with Gasteiger partial charge in [-0.1, -0.05) is 0 Å². The molecule has 0 fully saturated rings. The fraction of sp³-hybridized carbons (Fsp3) is 0.167. The number of anilines is 1. The second kappa shape index (κ2) is 2.98. The number of aliphatic hydroxyl groups is 1. The molecular formula is C6H7BrN2O. The Morgan fingerprint density at radius 3 is 2.80 bits per heavy atom. The summed E-state index contributed by atoms with van der Waals surface area (Å²) in [5, 5.41) is 8.72. The SMILES string of the molecule is Nc1cncc(CO)c1Br. The average Bonchev–Trinajstić information content (AvgIpc) is 1.95.